The van der Waals surface area contributed by atoms with Gasteiger partial charge in [0.2, 0.25) is 17.7 Å². The van der Waals surface area contributed by atoms with Crippen LogP contribution in [0.3, 0.4) is 0 Å². The van der Waals surface area contributed by atoms with Crippen molar-refractivity contribution in [2.24, 2.45) is 0 Å². The van der Waals surface area contributed by atoms with Gasteiger partial charge in [-0.05, 0) is 57.2 Å². The molecule has 3 unspecified atom stereocenters. The van der Waals surface area contributed by atoms with E-state index >= 15 is 0 Å². The Kier molecular flexibility index (Phi) is 7.69. The van der Waals surface area contributed by atoms with Crippen molar-refractivity contribution in [3.05, 3.63) is 35.4 Å². The van der Waals surface area contributed by atoms with Gasteiger partial charge in [0.1, 0.15) is 12.1 Å². The van der Waals surface area contributed by atoms with Gasteiger partial charge in [0, 0.05) is 13.0 Å². The van der Waals surface area contributed by atoms with Crippen LogP contribution in [0.2, 0.25) is 0 Å². The second kappa shape index (κ2) is 10.5. The maximum Gasteiger partial charge on any atom is 0.246 e. The van der Waals surface area contributed by atoms with E-state index in [1.807, 2.05) is 12.1 Å². The summed E-state index contributed by atoms with van der Waals surface area (Å²) in [6, 6.07) is 6.34. The zero-order valence-corrected chi connectivity index (χ0v) is 18.3. The molecule has 1 saturated heterocycles. The maximum absolute atomic E-state index is 13.2. The van der Waals surface area contributed by atoms with Crippen LogP contribution in [0.4, 0.5) is 0 Å². The molecule has 7 nitrogen and oxygen atoms in total. The van der Waals surface area contributed by atoms with Gasteiger partial charge in [-0.15, -0.1) is 12.3 Å². The minimum absolute atomic E-state index is 0.0345. The fourth-order valence-electron chi connectivity index (χ4n) is 4.42. The molecule has 166 valence electrons. The predicted molar refractivity (Wildman–Crippen MR) is 119 cm³/mol. The Bertz CT molecular complexity index is 863. The number of terminal acetylenes is 1. The molecule has 1 heterocycles. The molecule has 4 atom stereocenters. The van der Waals surface area contributed by atoms with E-state index < -0.39 is 18.1 Å². The Morgan fingerprint density at radius 2 is 2.00 bits per heavy atom. The molecule has 0 radical (unpaired) electrons. The molecule has 0 aromatic heterocycles. The summed E-state index contributed by atoms with van der Waals surface area (Å²) in [6.45, 7) is 2.19. The summed E-state index contributed by atoms with van der Waals surface area (Å²) in [6.07, 6.45) is 9.82. The van der Waals surface area contributed by atoms with Gasteiger partial charge < -0.3 is 20.9 Å². The number of rotatable bonds is 7. The van der Waals surface area contributed by atoms with Crippen LogP contribution < -0.4 is 16.0 Å². The van der Waals surface area contributed by atoms with Gasteiger partial charge in [-0.3, -0.25) is 14.4 Å². The zero-order valence-electron chi connectivity index (χ0n) is 18.3. The summed E-state index contributed by atoms with van der Waals surface area (Å²) < 4.78 is 0. The summed E-state index contributed by atoms with van der Waals surface area (Å²) >= 11 is 0. The van der Waals surface area contributed by atoms with Crippen LogP contribution in [0.5, 0.6) is 0 Å². The van der Waals surface area contributed by atoms with E-state index in [-0.39, 0.29) is 30.2 Å². The third kappa shape index (κ3) is 5.26. The van der Waals surface area contributed by atoms with E-state index in [0.717, 1.165) is 31.2 Å². The molecule has 3 N–H and O–H groups in total. The van der Waals surface area contributed by atoms with Gasteiger partial charge >= 0.3 is 0 Å². The number of nitrogens with zero attached hydrogens (tertiary/aromatic N) is 1. The van der Waals surface area contributed by atoms with Gasteiger partial charge in [-0.25, -0.2) is 0 Å². The number of carbonyl (C=O) groups is 3. The SMILES string of the molecule is C#CCC(NC(=O)C(C)NC)C(=O)N1CCCC1C(=O)N[C@@H]1CCCc2ccccc21. The molecule has 1 aliphatic carbocycles. The Hall–Kier alpha value is -2.85. The number of nitrogens with one attached hydrogen (secondary N) is 3. The summed E-state index contributed by atoms with van der Waals surface area (Å²) in [4.78, 5) is 40.2. The fraction of sp³-hybridized carbons (Fsp3) is 0.542. The molecule has 1 aromatic carbocycles. The Balaban J connectivity index is 1.69. The van der Waals surface area contributed by atoms with Crippen LogP contribution in [0.15, 0.2) is 24.3 Å². The third-order valence-electron chi connectivity index (χ3n) is 6.29. The summed E-state index contributed by atoms with van der Waals surface area (Å²) in [7, 11) is 1.67. The molecule has 2 aliphatic rings. The first-order valence-electron chi connectivity index (χ1n) is 11.1. The van der Waals surface area contributed by atoms with Crippen LogP contribution >= 0.6 is 0 Å². The number of hydrogen-bond acceptors (Lipinski definition) is 4. The number of amides is 3. The zero-order chi connectivity index (χ0) is 22.4. The smallest absolute Gasteiger partial charge is 0.246 e. The van der Waals surface area contributed by atoms with Crippen molar-refractivity contribution in [1.82, 2.24) is 20.9 Å². The van der Waals surface area contributed by atoms with Crippen molar-refractivity contribution >= 4 is 17.7 Å². The van der Waals surface area contributed by atoms with Crippen molar-refractivity contribution in [1.29, 1.82) is 0 Å². The number of likely N-dealkylation sites (tertiary alicyclic amines) is 1. The Labute approximate surface area is 184 Å². The minimum Gasteiger partial charge on any atom is -0.347 e. The van der Waals surface area contributed by atoms with Crippen molar-refractivity contribution in [2.75, 3.05) is 13.6 Å². The second-order valence-electron chi connectivity index (χ2n) is 8.32. The normalized spacial score (nSPS) is 22.0. The van der Waals surface area contributed by atoms with Crippen LogP contribution in [0.1, 0.15) is 56.2 Å². The van der Waals surface area contributed by atoms with Crippen LogP contribution in [-0.4, -0.2) is 54.3 Å². The number of aryl methyl sites for hydroxylation is 1. The summed E-state index contributed by atoms with van der Waals surface area (Å²) in [5.74, 6) is 1.74. The highest BCUT2D eigenvalue weighted by molar-refractivity contribution is 5.93. The van der Waals surface area contributed by atoms with E-state index in [1.165, 1.54) is 5.56 Å². The van der Waals surface area contributed by atoms with E-state index in [9.17, 15) is 14.4 Å². The standard InChI is InChI=1S/C24H32N4O3/c1-4-9-20(27-22(29)16(2)25-3)24(31)28-15-8-14-21(28)23(30)26-19-13-7-11-17-10-5-6-12-18(17)19/h1,5-6,10,12,16,19-21,25H,7-9,11,13-15H2,2-3H3,(H,26,30)(H,27,29)/t16?,19-,20?,21?/m1/s1. The second-order valence-corrected chi connectivity index (χ2v) is 8.32. The summed E-state index contributed by atoms with van der Waals surface area (Å²) in [5.41, 5.74) is 2.44. The first-order chi connectivity index (χ1) is 15.0. The number of hydrogen-bond donors (Lipinski definition) is 3. The lowest BCUT2D eigenvalue weighted by atomic mass is 9.87. The van der Waals surface area contributed by atoms with E-state index in [0.29, 0.717) is 13.0 Å². The highest BCUT2D eigenvalue weighted by atomic mass is 16.2. The molecular formula is C24H32N4O3. The topological polar surface area (TPSA) is 90.5 Å². The molecule has 1 aliphatic heterocycles. The number of carbonyl (C=O) groups excluding carboxylic acids is 3. The van der Waals surface area contributed by atoms with Crippen molar-refractivity contribution in [3.8, 4) is 12.3 Å². The van der Waals surface area contributed by atoms with E-state index in [4.69, 9.17) is 6.42 Å². The average molecular weight is 425 g/mol. The fourth-order valence-corrected chi connectivity index (χ4v) is 4.42. The quantitative estimate of drug-likeness (QED) is 0.576. The maximum atomic E-state index is 13.2. The molecule has 1 aromatic rings. The van der Waals surface area contributed by atoms with Crippen LogP contribution in [-0.2, 0) is 20.8 Å². The molecule has 3 rings (SSSR count). The molecular weight excluding hydrogens is 392 g/mol. The van der Waals surface area contributed by atoms with Crippen LogP contribution in [0, 0.1) is 12.3 Å². The number of fused-ring (bicyclic) bond motifs is 1. The minimum atomic E-state index is -0.836. The number of likely N-dealkylation sites (N-methyl/N-ethyl adjacent to an activating group) is 1. The van der Waals surface area contributed by atoms with Crippen molar-refractivity contribution < 1.29 is 14.4 Å². The third-order valence-corrected chi connectivity index (χ3v) is 6.29. The lowest BCUT2D eigenvalue weighted by Crippen LogP contribution is -2.55. The van der Waals surface area contributed by atoms with Crippen molar-refractivity contribution in [3.63, 3.8) is 0 Å². The van der Waals surface area contributed by atoms with Gasteiger partial charge in [0.05, 0.1) is 12.1 Å². The number of benzene rings is 1. The summed E-state index contributed by atoms with van der Waals surface area (Å²) in [5, 5.41) is 8.75. The molecule has 0 bridgehead atoms. The first-order valence-corrected chi connectivity index (χ1v) is 11.1. The Morgan fingerprint density at radius 3 is 2.74 bits per heavy atom. The molecule has 1 fully saturated rings. The molecule has 3 amide bonds. The van der Waals surface area contributed by atoms with Gasteiger partial charge in [0.25, 0.3) is 0 Å². The van der Waals surface area contributed by atoms with Crippen molar-refractivity contribution in [2.45, 2.75) is 69.6 Å². The van der Waals surface area contributed by atoms with Crippen LogP contribution in [0.25, 0.3) is 0 Å². The molecule has 31 heavy (non-hydrogen) atoms. The molecule has 0 spiro atoms. The Morgan fingerprint density at radius 1 is 1.23 bits per heavy atom. The first kappa shape index (κ1) is 22.8. The highest BCUT2D eigenvalue weighted by Gasteiger charge is 2.38. The van der Waals surface area contributed by atoms with Gasteiger partial charge in [0.15, 0.2) is 0 Å². The lowest BCUT2D eigenvalue weighted by Gasteiger charge is -2.31. The average Bonchev–Trinajstić information content (AvgIpc) is 3.28. The largest absolute Gasteiger partial charge is 0.347 e. The molecule has 7 heteroatoms. The van der Waals surface area contributed by atoms with E-state index in [1.54, 1.807) is 18.9 Å². The van der Waals surface area contributed by atoms with E-state index in [2.05, 4.69) is 34.0 Å². The lowest BCUT2D eigenvalue weighted by molar-refractivity contribution is -0.141. The predicted octanol–water partition coefficient (Wildman–Crippen LogP) is 1.29. The molecule has 0 saturated carbocycles. The monoisotopic (exact) mass is 424 g/mol. The van der Waals surface area contributed by atoms with Gasteiger partial charge in [-0.1, -0.05) is 24.3 Å². The highest BCUT2D eigenvalue weighted by Crippen LogP contribution is 2.30. The van der Waals surface area contributed by atoms with Gasteiger partial charge in [-0.2, -0.15) is 0 Å².